The zero-order valence-electron chi connectivity index (χ0n) is 19.7. The summed E-state index contributed by atoms with van der Waals surface area (Å²) in [6.45, 7) is 6.10. The van der Waals surface area contributed by atoms with Crippen LogP contribution in [0.25, 0.3) is 28.0 Å². The van der Waals surface area contributed by atoms with Crippen LogP contribution in [0.4, 0.5) is 11.5 Å². The number of anilines is 2. The molecular formula is C26H25N7O2. The zero-order valence-corrected chi connectivity index (χ0v) is 19.7. The van der Waals surface area contributed by atoms with Crippen molar-refractivity contribution in [2.24, 2.45) is 0 Å². The predicted octanol–water partition coefficient (Wildman–Crippen LogP) is 4.53. The second kappa shape index (κ2) is 8.68. The van der Waals surface area contributed by atoms with Gasteiger partial charge >= 0.3 is 0 Å². The molecule has 0 unspecified atom stereocenters. The fourth-order valence-electron chi connectivity index (χ4n) is 3.76. The van der Waals surface area contributed by atoms with Crippen LogP contribution in [-0.4, -0.2) is 30.8 Å². The molecule has 3 heterocycles. The van der Waals surface area contributed by atoms with Gasteiger partial charge < -0.3 is 15.6 Å². The summed E-state index contributed by atoms with van der Waals surface area (Å²) in [5.74, 6) is 0.935. The Bertz CT molecular complexity index is 1500. The molecule has 0 radical (unpaired) electrons. The Balaban J connectivity index is 1.38. The third kappa shape index (κ3) is 4.48. The first-order valence-electron chi connectivity index (χ1n) is 11.2. The lowest BCUT2D eigenvalue weighted by atomic mass is 9.93. The highest BCUT2D eigenvalue weighted by atomic mass is 16.5. The molecule has 0 spiro atoms. The maximum atomic E-state index is 12.5. The van der Waals surface area contributed by atoms with Crippen LogP contribution in [0.1, 0.15) is 32.2 Å². The van der Waals surface area contributed by atoms with E-state index in [1.807, 2.05) is 81.4 Å². The first-order chi connectivity index (χ1) is 16.8. The Labute approximate surface area is 202 Å². The number of amides is 1. The number of nitrogen functional groups attached to an aromatic ring is 1. The molecule has 0 atom stereocenters. The van der Waals surface area contributed by atoms with Crippen LogP contribution in [0.5, 0.6) is 0 Å². The molecule has 5 rings (SSSR count). The number of rotatable bonds is 5. The van der Waals surface area contributed by atoms with Crippen molar-refractivity contribution in [2.75, 3.05) is 11.1 Å². The van der Waals surface area contributed by atoms with Crippen molar-refractivity contribution in [1.82, 2.24) is 24.9 Å². The Morgan fingerprint density at radius 2 is 1.80 bits per heavy atom. The average molecular weight is 468 g/mol. The summed E-state index contributed by atoms with van der Waals surface area (Å²) in [7, 11) is 0. The van der Waals surface area contributed by atoms with Gasteiger partial charge in [-0.05, 0) is 24.3 Å². The number of fused-ring (bicyclic) bond motifs is 1. The molecule has 176 valence electrons. The summed E-state index contributed by atoms with van der Waals surface area (Å²) in [5.41, 5.74) is 10.3. The van der Waals surface area contributed by atoms with Gasteiger partial charge in [-0.1, -0.05) is 56.3 Å². The van der Waals surface area contributed by atoms with E-state index in [2.05, 4.69) is 20.4 Å². The van der Waals surface area contributed by atoms with Gasteiger partial charge in [-0.15, -0.1) is 0 Å². The number of hydrogen-bond donors (Lipinski definition) is 2. The van der Waals surface area contributed by atoms with Crippen molar-refractivity contribution in [1.29, 1.82) is 0 Å². The average Bonchev–Trinajstić information content (AvgIpc) is 3.46. The highest BCUT2D eigenvalue weighted by Crippen LogP contribution is 2.31. The van der Waals surface area contributed by atoms with E-state index in [9.17, 15) is 4.79 Å². The van der Waals surface area contributed by atoms with Gasteiger partial charge in [0.15, 0.2) is 5.65 Å². The highest BCUT2D eigenvalue weighted by molar-refractivity contribution is 5.99. The minimum Gasteiger partial charge on any atom is -0.383 e. The molecule has 0 fully saturated rings. The largest absolute Gasteiger partial charge is 0.383 e. The lowest BCUT2D eigenvalue weighted by Crippen LogP contribution is -2.14. The first-order valence-corrected chi connectivity index (χ1v) is 11.2. The molecule has 9 nitrogen and oxygen atoms in total. The van der Waals surface area contributed by atoms with Crippen LogP contribution in [0.2, 0.25) is 0 Å². The summed E-state index contributed by atoms with van der Waals surface area (Å²) in [6, 6.07) is 19.0. The van der Waals surface area contributed by atoms with Gasteiger partial charge in [-0.25, -0.2) is 14.6 Å². The van der Waals surface area contributed by atoms with Crippen molar-refractivity contribution in [3.8, 4) is 16.9 Å². The smallest absolute Gasteiger partial charge is 0.230 e. The minimum absolute atomic E-state index is 0.127. The van der Waals surface area contributed by atoms with Crippen LogP contribution in [0, 0.1) is 0 Å². The number of carbonyl (C=O) groups is 1. The molecule has 35 heavy (non-hydrogen) atoms. The number of nitrogens with one attached hydrogen (secondary N) is 1. The lowest BCUT2D eigenvalue weighted by Gasteiger charge is -2.12. The Hall–Kier alpha value is -4.53. The lowest BCUT2D eigenvalue weighted by molar-refractivity contribution is -0.115. The quantitative estimate of drug-likeness (QED) is 0.389. The second-order valence-corrected chi connectivity index (χ2v) is 9.29. The van der Waals surface area contributed by atoms with E-state index in [0.29, 0.717) is 33.9 Å². The van der Waals surface area contributed by atoms with Crippen LogP contribution in [0.3, 0.4) is 0 Å². The van der Waals surface area contributed by atoms with Crippen molar-refractivity contribution in [3.05, 3.63) is 78.4 Å². The molecule has 0 bridgehead atoms. The molecule has 1 amide bonds. The number of hydrogen-bond acceptors (Lipinski definition) is 7. The number of aromatic nitrogens is 5. The second-order valence-electron chi connectivity index (χ2n) is 9.29. The fourth-order valence-corrected chi connectivity index (χ4v) is 3.76. The van der Waals surface area contributed by atoms with Gasteiger partial charge in [0.05, 0.1) is 23.2 Å². The van der Waals surface area contributed by atoms with Gasteiger partial charge in [-0.3, -0.25) is 4.79 Å². The molecule has 0 aliphatic carbocycles. The number of benzene rings is 2. The van der Waals surface area contributed by atoms with Crippen LogP contribution in [-0.2, 0) is 16.6 Å². The highest BCUT2D eigenvalue weighted by Gasteiger charge is 2.21. The van der Waals surface area contributed by atoms with Crippen LogP contribution >= 0.6 is 0 Å². The first kappa shape index (κ1) is 22.3. The zero-order chi connectivity index (χ0) is 24.6. The van der Waals surface area contributed by atoms with E-state index >= 15 is 0 Å². The number of nitrogens with zero attached hydrogens (tertiary/aromatic N) is 5. The monoisotopic (exact) mass is 467 g/mol. The summed E-state index contributed by atoms with van der Waals surface area (Å²) >= 11 is 0. The molecule has 2 aromatic carbocycles. The van der Waals surface area contributed by atoms with E-state index in [-0.39, 0.29) is 17.7 Å². The van der Waals surface area contributed by atoms with Gasteiger partial charge in [-0.2, -0.15) is 5.10 Å². The summed E-state index contributed by atoms with van der Waals surface area (Å²) in [6.07, 6.45) is 1.55. The topological polar surface area (TPSA) is 125 Å². The van der Waals surface area contributed by atoms with Gasteiger partial charge in [0.2, 0.25) is 5.91 Å². The molecule has 0 aliphatic heterocycles. The van der Waals surface area contributed by atoms with Gasteiger partial charge in [0.25, 0.3) is 0 Å². The van der Waals surface area contributed by atoms with Crippen molar-refractivity contribution >= 4 is 28.4 Å². The summed E-state index contributed by atoms with van der Waals surface area (Å²) in [5, 5.41) is 12.4. The maximum absolute atomic E-state index is 12.5. The molecule has 3 aromatic heterocycles. The van der Waals surface area contributed by atoms with E-state index in [1.54, 1.807) is 4.68 Å². The minimum atomic E-state index is -0.178. The Morgan fingerprint density at radius 3 is 2.49 bits per heavy atom. The third-order valence-corrected chi connectivity index (χ3v) is 5.58. The molecule has 3 N–H and O–H groups in total. The van der Waals surface area contributed by atoms with Crippen molar-refractivity contribution in [2.45, 2.75) is 32.6 Å². The van der Waals surface area contributed by atoms with Crippen LogP contribution < -0.4 is 11.1 Å². The Kier molecular flexibility index (Phi) is 5.52. The van der Waals surface area contributed by atoms with Crippen molar-refractivity contribution in [3.63, 3.8) is 0 Å². The number of carbonyl (C=O) groups excluding carboxylic acids is 1. The third-order valence-electron chi connectivity index (χ3n) is 5.58. The molecular weight excluding hydrogens is 442 g/mol. The molecule has 0 saturated carbocycles. The molecule has 0 aliphatic rings. The van der Waals surface area contributed by atoms with E-state index in [4.69, 9.17) is 15.4 Å². The SMILES string of the molecule is CC(C)(C)c1cc(CC(=O)Nc2ccc(-n3nc(-c4ccccc4)c4c(N)ncnc43)cc2)no1. The number of nitrogens with two attached hydrogens (primary N) is 1. The molecule has 5 aromatic rings. The maximum Gasteiger partial charge on any atom is 0.230 e. The molecule has 0 saturated heterocycles. The van der Waals surface area contributed by atoms with Crippen molar-refractivity contribution < 1.29 is 9.32 Å². The standard InChI is InChI=1S/C26H25N7O2/c1-26(2,3)20-13-18(32-35-20)14-21(34)30-17-9-11-19(12-10-17)33-25-22(24(27)28-15-29-25)23(31-33)16-7-5-4-6-8-16/h4-13,15H,14H2,1-3H3,(H,30,34)(H2,27,28,29). The van der Waals surface area contributed by atoms with E-state index in [0.717, 1.165) is 17.0 Å². The fraction of sp³-hybridized carbons (Fsp3) is 0.192. The van der Waals surface area contributed by atoms with Crippen LogP contribution in [0.15, 0.2) is 71.5 Å². The Morgan fingerprint density at radius 1 is 1.06 bits per heavy atom. The summed E-state index contributed by atoms with van der Waals surface area (Å²) in [4.78, 5) is 21.1. The van der Waals surface area contributed by atoms with E-state index in [1.165, 1.54) is 6.33 Å². The van der Waals surface area contributed by atoms with Gasteiger partial charge in [0.1, 0.15) is 23.6 Å². The van der Waals surface area contributed by atoms with E-state index < -0.39 is 0 Å². The normalized spacial score (nSPS) is 11.6. The molecule has 9 heteroatoms. The van der Waals surface area contributed by atoms with Gasteiger partial charge in [0, 0.05) is 22.7 Å². The predicted molar refractivity (Wildman–Crippen MR) is 134 cm³/mol. The summed E-state index contributed by atoms with van der Waals surface area (Å²) < 4.78 is 7.09.